The quantitative estimate of drug-likeness (QED) is 0.575. The second kappa shape index (κ2) is 8.64. The molecule has 0 unspecified atom stereocenters. The zero-order valence-corrected chi connectivity index (χ0v) is 15.0. The summed E-state index contributed by atoms with van der Waals surface area (Å²) in [6, 6.07) is 13.3. The molecular weight excluding hydrogens is 342 g/mol. The van der Waals surface area contributed by atoms with Crippen LogP contribution in [0, 0.1) is 0 Å². The summed E-state index contributed by atoms with van der Waals surface area (Å²) in [6.07, 6.45) is 0.949. The molecule has 25 heavy (non-hydrogen) atoms. The maximum atomic E-state index is 12.3. The minimum atomic E-state index is -3.73. The second-order valence-corrected chi connectivity index (χ2v) is 7.03. The molecule has 0 aliphatic heterocycles. The van der Waals surface area contributed by atoms with Crippen molar-refractivity contribution in [2.24, 2.45) is 0 Å². The Kier molecular flexibility index (Phi) is 6.55. The molecule has 0 saturated heterocycles. The van der Waals surface area contributed by atoms with Crippen molar-refractivity contribution in [3.05, 3.63) is 59.7 Å². The maximum absolute atomic E-state index is 12.3. The third-order valence-corrected chi connectivity index (χ3v) is 5.02. The molecule has 0 aromatic heterocycles. The lowest BCUT2D eigenvalue weighted by Crippen LogP contribution is -2.28. The van der Waals surface area contributed by atoms with E-state index in [2.05, 4.69) is 16.4 Å². The lowest BCUT2D eigenvalue weighted by molar-refractivity contribution is 0.0600. The van der Waals surface area contributed by atoms with Crippen molar-refractivity contribution >= 4 is 16.0 Å². The number of esters is 1. The van der Waals surface area contributed by atoms with Crippen molar-refractivity contribution < 1.29 is 22.7 Å². The number of carbonyl (C=O) groups excluding carboxylic acids is 1. The zero-order valence-electron chi connectivity index (χ0n) is 14.2. The molecule has 0 atom stereocenters. The van der Waals surface area contributed by atoms with Gasteiger partial charge in [0.1, 0.15) is 12.4 Å². The molecule has 0 aliphatic rings. The number of carbonyl (C=O) groups is 1. The SMILES string of the molecule is CCc1ccc(OCCNS(=O)(=O)c2cccc(C(=O)OC)c2)cc1. The van der Waals surface area contributed by atoms with Crippen molar-refractivity contribution in [1.29, 1.82) is 0 Å². The highest BCUT2D eigenvalue weighted by Crippen LogP contribution is 2.13. The molecular formula is C18H21NO5S. The Hall–Kier alpha value is -2.38. The number of aryl methyl sites for hydroxylation is 1. The number of benzene rings is 2. The molecule has 1 N–H and O–H groups in total. The number of ether oxygens (including phenoxy) is 2. The molecule has 0 fully saturated rings. The van der Waals surface area contributed by atoms with Crippen LogP contribution in [0.1, 0.15) is 22.8 Å². The van der Waals surface area contributed by atoms with Crippen LogP contribution in [0.4, 0.5) is 0 Å². The predicted molar refractivity (Wildman–Crippen MR) is 94.3 cm³/mol. The lowest BCUT2D eigenvalue weighted by Gasteiger charge is -2.09. The maximum Gasteiger partial charge on any atom is 0.337 e. The van der Waals surface area contributed by atoms with E-state index in [-0.39, 0.29) is 23.6 Å². The Labute approximate surface area is 147 Å². The summed E-state index contributed by atoms with van der Waals surface area (Å²) in [5.74, 6) is 0.0972. The van der Waals surface area contributed by atoms with Crippen molar-refractivity contribution in [2.75, 3.05) is 20.3 Å². The van der Waals surface area contributed by atoms with Crippen molar-refractivity contribution in [2.45, 2.75) is 18.2 Å². The average Bonchev–Trinajstić information content (AvgIpc) is 2.65. The van der Waals surface area contributed by atoms with Gasteiger partial charge < -0.3 is 9.47 Å². The topological polar surface area (TPSA) is 81.7 Å². The summed E-state index contributed by atoms with van der Waals surface area (Å²) in [7, 11) is -2.49. The number of hydrogen-bond acceptors (Lipinski definition) is 5. The molecule has 0 radical (unpaired) electrons. The summed E-state index contributed by atoms with van der Waals surface area (Å²) < 4.78 is 37.1. The highest BCUT2D eigenvalue weighted by atomic mass is 32.2. The van der Waals surface area contributed by atoms with E-state index in [1.165, 1.54) is 36.9 Å². The molecule has 0 spiro atoms. The molecule has 6 nitrogen and oxygen atoms in total. The van der Waals surface area contributed by atoms with Gasteiger partial charge >= 0.3 is 5.97 Å². The first kappa shape index (κ1) is 19.0. The minimum absolute atomic E-state index is 0.00250. The molecule has 7 heteroatoms. The number of hydrogen-bond donors (Lipinski definition) is 1. The van der Waals surface area contributed by atoms with E-state index in [0.29, 0.717) is 5.75 Å². The van der Waals surface area contributed by atoms with Gasteiger partial charge in [-0.2, -0.15) is 0 Å². The molecule has 0 amide bonds. The third-order valence-electron chi connectivity index (χ3n) is 3.56. The first-order chi connectivity index (χ1) is 12.0. The van der Waals surface area contributed by atoms with Crippen LogP contribution >= 0.6 is 0 Å². The van der Waals surface area contributed by atoms with Crippen molar-refractivity contribution in [3.8, 4) is 5.75 Å². The van der Waals surface area contributed by atoms with Crippen molar-refractivity contribution in [3.63, 3.8) is 0 Å². The van der Waals surface area contributed by atoms with E-state index in [1.807, 2.05) is 24.3 Å². The molecule has 134 valence electrons. The van der Waals surface area contributed by atoms with Crippen LogP contribution in [0.2, 0.25) is 0 Å². The van der Waals surface area contributed by atoms with Gasteiger partial charge in [-0.3, -0.25) is 0 Å². The molecule has 0 aliphatic carbocycles. The number of rotatable bonds is 8. The Morgan fingerprint density at radius 2 is 1.84 bits per heavy atom. The van der Waals surface area contributed by atoms with E-state index >= 15 is 0 Å². The highest BCUT2D eigenvalue weighted by Gasteiger charge is 2.16. The summed E-state index contributed by atoms with van der Waals surface area (Å²) in [5, 5.41) is 0. The summed E-state index contributed by atoms with van der Waals surface area (Å²) in [5.41, 5.74) is 1.39. The molecule has 2 aromatic carbocycles. The Morgan fingerprint density at radius 1 is 1.12 bits per heavy atom. The number of sulfonamides is 1. The van der Waals surface area contributed by atoms with E-state index < -0.39 is 16.0 Å². The van der Waals surface area contributed by atoms with Gasteiger partial charge in [0.2, 0.25) is 10.0 Å². The van der Waals surface area contributed by atoms with Crippen LogP contribution in [0.15, 0.2) is 53.4 Å². The van der Waals surface area contributed by atoms with Gasteiger partial charge in [0, 0.05) is 6.54 Å². The minimum Gasteiger partial charge on any atom is -0.492 e. The summed E-state index contributed by atoms with van der Waals surface area (Å²) in [4.78, 5) is 11.5. The standard InChI is InChI=1S/C18H21NO5S/c1-3-14-7-9-16(10-8-14)24-12-11-19-25(21,22)17-6-4-5-15(13-17)18(20)23-2/h4-10,13,19H,3,11-12H2,1-2H3. The van der Waals surface area contributed by atoms with Gasteiger partial charge in [0.25, 0.3) is 0 Å². The van der Waals surface area contributed by atoms with Gasteiger partial charge in [-0.1, -0.05) is 25.1 Å². The largest absolute Gasteiger partial charge is 0.492 e. The fourth-order valence-electron chi connectivity index (χ4n) is 2.16. The van der Waals surface area contributed by atoms with E-state index in [1.54, 1.807) is 0 Å². The van der Waals surface area contributed by atoms with Crippen LogP contribution in [0.3, 0.4) is 0 Å². The third kappa shape index (κ3) is 5.30. The molecule has 2 rings (SSSR count). The zero-order chi connectivity index (χ0) is 18.3. The first-order valence-corrected chi connectivity index (χ1v) is 9.34. The second-order valence-electron chi connectivity index (χ2n) is 5.26. The van der Waals surface area contributed by atoms with E-state index in [9.17, 15) is 13.2 Å². The fraction of sp³-hybridized carbons (Fsp3) is 0.278. The van der Waals surface area contributed by atoms with Crippen molar-refractivity contribution in [1.82, 2.24) is 4.72 Å². The van der Waals surface area contributed by atoms with Crippen LogP contribution in [-0.4, -0.2) is 34.6 Å². The van der Waals surface area contributed by atoms with Gasteiger partial charge in [0.05, 0.1) is 17.6 Å². The Bertz CT molecular complexity index is 816. The first-order valence-electron chi connectivity index (χ1n) is 7.86. The number of methoxy groups -OCH3 is 1. The molecule has 0 bridgehead atoms. The average molecular weight is 363 g/mol. The van der Waals surface area contributed by atoms with Crippen LogP contribution < -0.4 is 9.46 Å². The Balaban J connectivity index is 1.91. The predicted octanol–water partition coefficient (Wildman–Crippen LogP) is 2.39. The van der Waals surface area contributed by atoms with Crippen LogP contribution in [-0.2, 0) is 21.2 Å². The van der Waals surface area contributed by atoms with Gasteiger partial charge in [-0.15, -0.1) is 0 Å². The lowest BCUT2D eigenvalue weighted by atomic mass is 10.2. The summed E-state index contributed by atoms with van der Waals surface area (Å²) in [6.45, 7) is 2.38. The van der Waals surface area contributed by atoms with Gasteiger partial charge in [0.15, 0.2) is 0 Å². The normalized spacial score (nSPS) is 11.1. The number of nitrogens with one attached hydrogen (secondary N) is 1. The smallest absolute Gasteiger partial charge is 0.337 e. The van der Waals surface area contributed by atoms with Crippen LogP contribution in [0.5, 0.6) is 5.75 Å². The fourth-order valence-corrected chi connectivity index (χ4v) is 3.22. The Morgan fingerprint density at radius 3 is 2.48 bits per heavy atom. The highest BCUT2D eigenvalue weighted by molar-refractivity contribution is 7.89. The van der Waals surface area contributed by atoms with E-state index in [0.717, 1.165) is 6.42 Å². The molecule has 0 saturated carbocycles. The van der Waals surface area contributed by atoms with Gasteiger partial charge in [-0.25, -0.2) is 17.9 Å². The van der Waals surface area contributed by atoms with E-state index in [4.69, 9.17) is 4.74 Å². The molecule has 2 aromatic rings. The molecule has 0 heterocycles. The van der Waals surface area contributed by atoms with Gasteiger partial charge in [-0.05, 0) is 42.3 Å². The monoisotopic (exact) mass is 363 g/mol. The summed E-state index contributed by atoms with van der Waals surface area (Å²) >= 11 is 0. The van der Waals surface area contributed by atoms with Crippen LogP contribution in [0.25, 0.3) is 0 Å².